The normalized spacial score (nSPS) is 19.7. The maximum atomic E-state index is 15.0. The van der Waals surface area contributed by atoms with Crippen LogP contribution in [0.15, 0.2) is 52.6 Å². The van der Waals surface area contributed by atoms with E-state index in [1.54, 1.807) is 5.10 Å². The number of anilines is 1. The lowest BCUT2D eigenvalue weighted by Crippen LogP contribution is -2.38. The summed E-state index contributed by atoms with van der Waals surface area (Å²) in [7, 11) is 0. The van der Waals surface area contributed by atoms with Crippen LogP contribution in [0.5, 0.6) is 0 Å². The maximum absolute atomic E-state index is 15.0. The van der Waals surface area contributed by atoms with E-state index in [-0.39, 0.29) is 53.9 Å². The summed E-state index contributed by atoms with van der Waals surface area (Å²) in [6.07, 6.45) is -6.64. The third-order valence-corrected chi connectivity index (χ3v) is 7.02. The number of benzene rings is 1. The van der Waals surface area contributed by atoms with Gasteiger partial charge in [-0.2, -0.15) is 31.4 Å². The lowest BCUT2D eigenvalue weighted by Gasteiger charge is -2.34. The Morgan fingerprint density at radius 3 is 2.38 bits per heavy atom. The molecule has 0 amide bonds. The lowest BCUT2D eigenvalue weighted by molar-refractivity contribution is -0.139. The van der Waals surface area contributed by atoms with E-state index >= 15 is 0 Å². The molecular formula is C26H21F7N6O3. The van der Waals surface area contributed by atoms with Gasteiger partial charge in [-0.1, -0.05) is 0 Å². The van der Waals surface area contributed by atoms with E-state index in [0.717, 1.165) is 12.3 Å². The molecule has 3 heterocycles. The van der Waals surface area contributed by atoms with E-state index in [4.69, 9.17) is 0 Å². The van der Waals surface area contributed by atoms with Crippen molar-refractivity contribution in [2.75, 3.05) is 5.32 Å². The van der Waals surface area contributed by atoms with Gasteiger partial charge in [-0.15, -0.1) is 0 Å². The van der Waals surface area contributed by atoms with Gasteiger partial charge in [-0.3, -0.25) is 9.59 Å². The smallest absolute Gasteiger partial charge is 0.393 e. The molecule has 1 aromatic carbocycles. The molecule has 3 N–H and O–H groups in total. The molecule has 222 valence electrons. The van der Waals surface area contributed by atoms with Crippen molar-refractivity contribution >= 4 is 16.5 Å². The second kappa shape index (κ2) is 10.8. The highest BCUT2D eigenvalue weighted by atomic mass is 19.4. The van der Waals surface area contributed by atoms with Gasteiger partial charge in [0, 0.05) is 31.2 Å². The zero-order valence-corrected chi connectivity index (χ0v) is 21.3. The zero-order chi connectivity index (χ0) is 30.4. The van der Waals surface area contributed by atoms with Gasteiger partial charge in [-0.25, -0.2) is 19.5 Å². The molecule has 1 saturated carbocycles. The predicted molar refractivity (Wildman–Crippen MR) is 135 cm³/mol. The number of hydrogen-bond donors (Lipinski definition) is 3. The molecule has 3 atom stereocenters. The Kier molecular flexibility index (Phi) is 7.51. The van der Waals surface area contributed by atoms with E-state index in [2.05, 4.69) is 20.4 Å². The van der Waals surface area contributed by atoms with Crippen molar-refractivity contribution in [1.29, 1.82) is 0 Å². The Balaban J connectivity index is 1.37. The van der Waals surface area contributed by atoms with Crippen LogP contribution in [0.25, 0.3) is 22.2 Å². The van der Waals surface area contributed by atoms with E-state index in [0.29, 0.717) is 12.4 Å². The van der Waals surface area contributed by atoms with Crippen LogP contribution in [0.1, 0.15) is 30.4 Å². The van der Waals surface area contributed by atoms with Crippen molar-refractivity contribution in [3.05, 3.63) is 80.6 Å². The summed E-state index contributed by atoms with van der Waals surface area (Å²) >= 11 is 0. The monoisotopic (exact) mass is 598 g/mol. The van der Waals surface area contributed by atoms with E-state index < -0.39 is 58.2 Å². The van der Waals surface area contributed by atoms with E-state index in [9.17, 15) is 45.4 Å². The zero-order valence-electron chi connectivity index (χ0n) is 21.3. The number of aliphatic hydroxyl groups excluding tert-OH is 1. The highest BCUT2D eigenvalue weighted by molar-refractivity contribution is 5.86. The molecule has 1 aliphatic carbocycles. The van der Waals surface area contributed by atoms with Gasteiger partial charge in [0.05, 0.1) is 34.5 Å². The quantitative estimate of drug-likeness (QED) is 0.292. The number of pyridine rings is 1. The summed E-state index contributed by atoms with van der Waals surface area (Å²) in [5, 5.41) is 18.5. The highest BCUT2D eigenvalue weighted by Crippen LogP contribution is 2.34. The van der Waals surface area contributed by atoms with Gasteiger partial charge in [0.1, 0.15) is 11.4 Å². The minimum atomic E-state index is -4.95. The number of halogens is 7. The Bertz CT molecular complexity index is 1730. The number of nitrogens with one attached hydrogen (secondary N) is 2. The molecule has 42 heavy (non-hydrogen) atoms. The van der Waals surface area contributed by atoms with Crippen molar-refractivity contribution in [2.24, 2.45) is 5.92 Å². The predicted octanol–water partition coefficient (Wildman–Crippen LogP) is 4.36. The molecule has 9 nitrogen and oxygen atoms in total. The third-order valence-electron chi connectivity index (χ3n) is 7.02. The standard InChI is InChI=1S/C26H21F7N6O3/c27-19-7-17-13(5-18(19)22-34-8-14(9-35-22)25(28,29)30)1-2-39(24(17)42)11-12-3-15(6-16(40)4-12)37-20-10-36-38-23(41)21(20)26(31,32)33/h1-2,5,7-10,12,15-16,40H,3-4,6,11H2,(H2,37,38,41)/t12-,15+,16-/m0/s1. The number of alkyl halides is 6. The third kappa shape index (κ3) is 5.98. The minimum absolute atomic E-state index is 0.0268. The molecule has 4 aromatic rings. The van der Waals surface area contributed by atoms with Crippen LogP contribution in [-0.4, -0.2) is 42.0 Å². The number of aromatic amines is 1. The summed E-state index contributed by atoms with van der Waals surface area (Å²) in [6.45, 7) is 0.0507. The first kappa shape index (κ1) is 29.2. The van der Waals surface area contributed by atoms with Crippen LogP contribution in [0.2, 0.25) is 0 Å². The first-order valence-corrected chi connectivity index (χ1v) is 12.5. The number of fused-ring (bicyclic) bond motifs is 1. The van der Waals surface area contributed by atoms with Gasteiger partial charge in [0.25, 0.3) is 11.1 Å². The van der Waals surface area contributed by atoms with Crippen LogP contribution >= 0.6 is 0 Å². The molecular weight excluding hydrogens is 577 g/mol. The number of hydrogen-bond acceptors (Lipinski definition) is 7. The summed E-state index contributed by atoms with van der Waals surface area (Å²) < 4.78 is 95.0. The first-order chi connectivity index (χ1) is 19.7. The van der Waals surface area contributed by atoms with E-state index in [1.807, 2.05) is 0 Å². The molecule has 0 bridgehead atoms. The summed E-state index contributed by atoms with van der Waals surface area (Å²) in [5.41, 5.74) is -5.28. The fraction of sp³-hybridized carbons (Fsp3) is 0.346. The molecule has 3 aromatic heterocycles. The Morgan fingerprint density at radius 2 is 1.71 bits per heavy atom. The van der Waals surface area contributed by atoms with Gasteiger partial charge >= 0.3 is 12.4 Å². The molecule has 5 rings (SSSR count). The fourth-order valence-corrected chi connectivity index (χ4v) is 5.19. The van der Waals surface area contributed by atoms with Crippen LogP contribution < -0.4 is 16.4 Å². The van der Waals surface area contributed by atoms with Gasteiger partial charge in [-0.05, 0) is 48.8 Å². The average Bonchev–Trinajstić information content (AvgIpc) is 2.89. The van der Waals surface area contributed by atoms with Crippen molar-refractivity contribution in [2.45, 2.75) is 50.3 Å². The molecule has 16 heteroatoms. The SMILES string of the molecule is O=c1[nH]ncc(N[C@H]2C[C@@H](O)C[C@@H](Cn3ccc4cc(-c5ncc(C(F)(F)F)cn5)c(F)cc4c3=O)C2)c1C(F)(F)F. The summed E-state index contributed by atoms with van der Waals surface area (Å²) in [6, 6.07) is 3.00. The molecule has 0 aliphatic heterocycles. The maximum Gasteiger partial charge on any atom is 0.423 e. The molecule has 1 fully saturated rings. The van der Waals surface area contributed by atoms with E-state index in [1.165, 1.54) is 22.9 Å². The number of aliphatic hydroxyl groups is 1. The van der Waals surface area contributed by atoms with Gasteiger partial charge < -0.3 is 15.0 Å². The Labute approximate surface area is 231 Å². The first-order valence-electron chi connectivity index (χ1n) is 12.5. The Hall–Kier alpha value is -4.34. The van der Waals surface area contributed by atoms with Crippen molar-refractivity contribution < 1.29 is 35.8 Å². The van der Waals surface area contributed by atoms with Crippen LogP contribution in [0, 0.1) is 11.7 Å². The molecule has 1 aliphatic rings. The van der Waals surface area contributed by atoms with Crippen LogP contribution in [0.3, 0.4) is 0 Å². The highest BCUT2D eigenvalue weighted by Gasteiger charge is 2.38. The number of aromatic nitrogens is 5. The largest absolute Gasteiger partial charge is 0.423 e. The van der Waals surface area contributed by atoms with Crippen molar-refractivity contribution in [3.8, 4) is 11.4 Å². The van der Waals surface area contributed by atoms with Crippen molar-refractivity contribution in [3.63, 3.8) is 0 Å². The molecule has 0 saturated heterocycles. The van der Waals surface area contributed by atoms with Crippen LogP contribution in [-0.2, 0) is 18.9 Å². The number of H-pyrrole nitrogens is 1. The second-order valence-electron chi connectivity index (χ2n) is 10.0. The van der Waals surface area contributed by atoms with Crippen molar-refractivity contribution in [1.82, 2.24) is 24.7 Å². The van der Waals surface area contributed by atoms with Crippen LogP contribution in [0.4, 0.5) is 36.4 Å². The molecule has 0 spiro atoms. The average molecular weight is 598 g/mol. The fourth-order valence-electron chi connectivity index (χ4n) is 5.19. The number of nitrogens with zero attached hydrogens (tertiary/aromatic N) is 4. The molecule has 0 unspecified atom stereocenters. The lowest BCUT2D eigenvalue weighted by atomic mass is 9.83. The minimum Gasteiger partial charge on any atom is -0.393 e. The Morgan fingerprint density at radius 1 is 1.00 bits per heavy atom. The summed E-state index contributed by atoms with van der Waals surface area (Å²) in [4.78, 5) is 32.2. The van der Waals surface area contributed by atoms with Gasteiger partial charge in [0.2, 0.25) is 0 Å². The second-order valence-corrected chi connectivity index (χ2v) is 10.0. The topological polar surface area (TPSA) is 126 Å². The van der Waals surface area contributed by atoms with Gasteiger partial charge in [0.15, 0.2) is 5.82 Å². The summed E-state index contributed by atoms with van der Waals surface area (Å²) in [5.74, 6) is -1.61. The molecule has 0 radical (unpaired) electrons. The number of rotatable bonds is 5.